The molecule has 1 atom stereocenters. The summed E-state index contributed by atoms with van der Waals surface area (Å²) >= 11 is 1.50. The summed E-state index contributed by atoms with van der Waals surface area (Å²) in [6, 6.07) is 16.2. The summed E-state index contributed by atoms with van der Waals surface area (Å²) in [6.45, 7) is 5.16. The molecule has 4 aromatic rings. The average molecular weight is 486 g/mol. The number of aryl methyl sites for hydroxylation is 3. The van der Waals surface area contributed by atoms with Crippen LogP contribution >= 0.6 is 11.3 Å². The van der Waals surface area contributed by atoms with Crippen molar-refractivity contribution in [1.82, 2.24) is 14.5 Å². The summed E-state index contributed by atoms with van der Waals surface area (Å²) in [5, 5.41) is 4.81. The van der Waals surface area contributed by atoms with Gasteiger partial charge in [0.15, 0.2) is 5.13 Å². The summed E-state index contributed by atoms with van der Waals surface area (Å²) in [7, 11) is 2.06. The Bertz CT molecular complexity index is 1470. The lowest BCUT2D eigenvalue weighted by Gasteiger charge is -2.46. The second-order valence-electron chi connectivity index (χ2n) is 9.24. The highest BCUT2D eigenvalue weighted by Crippen LogP contribution is 2.44. The summed E-state index contributed by atoms with van der Waals surface area (Å²) in [5.41, 5.74) is 6.11. The number of nitrogens with one attached hydrogen (secondary N) is 1. The van der Waals surface area contributed by atoms with E-state index in [1.165, 1.54) is 22.3 Å². The maximum absolute atomic E-state index is 13.5. The van der Waals surface area contributed by atoms with Gasteiger partial charge in [-0.1, -0.05) is 30.3 Å². The predicted octanol–water partition coefficient (Wildman–Crippen LogP) is 4.89. The maximum Gasteiger partial charge on any atom is 0.257 e. The van der Waals surface area contributed by atoms with Crippen LogP contribution in [0.4, 0.5) is 10.8 Å². The van der Waals surface area contributed by atoms with E-state index in [9.17, 15) is 9.59 Å². The van der Waals surface area contributed by atoms with E-state index in [0.717, 1.165) is 39.5 Å². The minimum atomic E-state index is -0.208. The molecular formula is C27H27N5O2S. The minimum absolute atomic E-state index is 0.0589. The second-order valence-corrected chi connectivity index (χ2v) is 10.4. The zero-order chi connectivity index (χ0) is 24.3. The molecule has 0 radical (unpaired) electrons. The van der Waals surface area contributed by atoms with E-state index < -0.39 is 0 Å². The van der Waals surface area contributed by atoms with E-state index in [2.05, 4.69) is 45.0 Å². The van der Waals surface area contributed by atoms with Gasteiger partial charge in [-0.15, -0.1) is 11.3 Å². The Kier molecular flexibility index (Phi) is 5.14. The van der Waals surface area contributed by atoms with Crippen LogP contribution in [-0.2, 0) is 17.8 Å². The van der Waals surface area contributed by atoms with E-state index in [0.29, 0.717) is 24.6 Å². The fourth-order valence-electron chi connectivity index (χ4n) is 5.47. The van der Waals surface area contributed by atoms with E-state index >= 15 is 0 Å². The molecule has 178 valence electrons. The summed E-state index contributed by atoms with van der Waals surface area (Å²) < 4.78 is 2.25. The number of benzene rings is 2. The van der Waals surface area contributed by atoms with Crippen molar-refractivity contribution in [2.24, 2.45) is 0 Å². The van der Waals surface area contributed by atoms with Crippen molar-refractivity contribution in [3.63, 3.8) is 0 Å². The third-order valence-electron chi connectivity index (χ3n) is 7.24. The van der Waals surface area contributed by atoms with Crippen LogP contribution in [0.5, 0.6) is 0 Å². The van der Waals surface area contributed by atoms with Gasteiger partial charge in [0.05, 0.1) is 22.6 Å². The number of thiazole rings is 1. The molecule has 2 aromatic heterocycles. The van der Waals surface area contributed by atoms with Crippen LogP contribution in [0, 0.1) is 13.8 Å². The number of aromatic nitrogens is 2. The van der Waals surface area contributed by atoms with Crippen molar-refractivity contribution < 1.29 is 9.59 Å². The van der Waals surface area contributed by atoms with Gasteiger partial charge in [0.2, 0.25) is 5.91 Å². The molecule has 0 aliphatic carbocycles. The molecule has 0 spiro atoms. The normalized spacial score (nSPS) is 16.8. The van der Waals surface area contributed by atoms with Gasteiger partial charge in [-0.25, -0.2) is 4.98 Å². The predicted molar refractivity (Wildman–Crippen MR) is 139 cm³/mol. The fourth-order valence-corrected chi connectivity index (χ4v) is 6.30. The highest BCUT2D eigenvalue weighted by Gasteiger charge is 2.42. The van der Waals surface area contributed by atoms with Gasteiger partial charge in [-0.3, -0.25) is 9.59 Å². The molecule has 0 saturated heterocycles. The third-order valence-corrected chi connectivity index (χ3v) is 8.23. The molecule has 0 unspecified atom stereocenters. The number of para-hydroxylation sites is 2. The SMILES string of the molecule is Cc1nc(NC(=O)CCn2c3c(c4ccccc42)CCN2C(=O)c4ccccc4N(C)[C@@H]32)sc1C. The van der Waals surface area contributed by atoms with Gasteiger partial charge in [0, 0.05) is 42.3 Å². The van der Waals surface area contributed by atoms with Crippen molar-refractivity contribution in [3.05, 3.63) is 75.9 Å². The van der Waals surface area contributed by atoms with Gasteiger partial charge in [0.1, 0.15) is 6.17 Å². The fraction of sp³-hybridized carbons (Fsp3) is 0.296. The van der Waals surface area contributed by atoms with Crippen LogP contribution in [0.1, 0.15) is 44.8 Å². The smallest absolute Gasteiger partial charge is 0.257 e. The first-order valence-corrected chi connectivity index (χ1v) is 12.7. The average Bonchev–Trinajstić information content (AvgIpc) is 3.36. The standard InChI is InChI=1S/C27H27N5O2S/c1-16-17(2)35-27(28-16)29-23(33)13-15-31-22-11-7-4-8-18(22)19-12-14-32-25(24(19)31)30(3)21-10-6-5-9-20(21)26(32)34/h4-11,25H,12-15H2,1-3H3,(H,28,29,33)/t25-/m1/s1. The lowest BCUT2D eigenvalue weighted by atomic mass is 9.96. The van der Waals surface area contributed by atoms with Crippen molar-refractivity contribution in [3.8, 4) is 0 Å². The highest BCUT2D eigenvalue weighted by molar-refractivity contribution is 7.15. The Morgan fingerprint density at radius 1 is 1.14 bits per heavy atom. The molecule has 2 aliphatic rings. The maximum atomic E-state index is 13.5. The first kappa shape index (κ1) is 21.9. The number of amides is 2. The van der Waals surface area contributed by atoms with Crippen LogP contribution in [0.25, 0.3) is 10.9 Å². The molecular weight excluding hydrogens is 458 g/mol. The van der Waals surface area contributed by atoms with Crippen molar-refractivity contribution in [2.75, 3.05) is 23.8 Å². The van der Waals surface area contributed by atoms with Crippen LogP contribution in [0.3, 0.4) is 0 Å². The number of fused-ring (bicyclic) bond motifs is 6. The minimum Gasteiger partial charge on any atom is -0.349 e. The van der Waals surface area contributed by atoms with Gasteiger partial charge >= 0.3 is 0 Å². The molecule has 2 aliphatic heterocycles. The van der Waals surface area contributed by atoms with Crippen LogP contribution in [0.2, 0.25) is 0 Å². The molecule has 6 rings (SSSR count). The number of carbonyl (C=O) groups excluding carboxylic acids is 2. The highest BCUT2D eigenvalue weighted by atomic mass is 32.1. The second kappa shape index (κ2) is 8.23. The van der Waals surface area contributed by atoms with Crippen molar-refractivity contribution in [1.29, 1.82) is 0 Å². The van der Waals surface area contributed by atoms with E-state index in [4.69, 9.17) is 0 Å². The zero-order valence-corrected chi connectivity index (χ0v) is 20.9. The number of carbonyl (C=O) groups is 2. The Labute approximate surface area is 208 Å². The lowest BCUT2D eigenvalue weighted by Crippen LogP contribution is -2.51. The van der Waals surface area contributed by atoms with E-state index in [1.807, 2.05) is 49.1 Å². The third kappa shape index (κ3) is 3.43. The monoisotopic (exact) mass is 485 g/mol. The number of anilines is 2. The first-order chi connectivity index (χ1) is 16.9. The molecule has 0 fully saturated rings. The Morgan fingerprint density at radius 3 is 2.71 bits per heavy atom. The van der Waals surface area contributed by atoms with Gasteiger partial charge < -0.3 is 19.7 Å². The topological polar surface area (TPSA) is 70.5 Å². The van der Waals surface area contributed by atoms with E-state index in [1.54, 1.807) is 0 Å². The van der Waals surface area contributed by atoms with Crippen LogP contribution in [0.15, 0.2) is 48.5 Å². The molecule has 2 amide bonds. The Balaban J connectivity index is 1.38. The largest absolute Gasteiger partial charge is 0.349 e. The Hall–Kier alpha value is -3.65. The van der Waals surface area contributed by atoms with Crippen LogP contribution in [-0.4, -0.2) is 39.9 Å². The molecule has 1 N–H and O–H groups in total. The summed E-state index contributed by atoms with van der Waals surface area (Å²) in [5.74, 6) is 0.00905. The Morgan fingerprint density at radius 2 is 1.91 bits per heavy atom. The number of rotatable bonds is 4. The number of nitrogens with zero attached hydrogens (tertiary/aromatic N) is 4. The van der Waals surface area contributed by atoms with Crippen LogP contribution < -0.4 is 10.2 Å². The number of hydrogen-bond acceptors (Lipinski definition) is 5. The van der Waals surface area contributed by atoms with Crippen molar-refractivity contribution in [2.45, 2.75) is 39.4 Å². The molecule has 0 saturated carbocycles. The molecule has 4 heterocycles. The lowest BCUT2D eigenvalue weighted by molar-refractivity contribution is -0.116. The van der Waals surface area contributed by atoms with Gasteiger partial charge in [0.25, 0.3) is 5.91 Å². The quantitative estimate of drug-likeness (QED) is 0.447. The van der Waals surface area contributed by atoms with E-state index in [-0.39, 0.29) is 18.0 Å². The zero-order valence-electron chi connectivity index (χ0n) is 20.0. The molecule has 8 heteroatoms. The molecule has 35 heavy (non-hydrogen) atoms. The molecule has 0 bridgehead atoms. The molecule has 7 nitrogen and oxygen atoms in total. The van der Waals surface area contributed by atoms with Crippen molar-refractivity contribution >= 4 is 44.9 Å². The summed E-state index contributed by atoms with van der Waals surface area (Å²) in [6.07, 6.45) is 0.912. The van der Waals surface area contributed by atoms with Gasteiger partial charge in [-0.05, 0) is 44.0 Å². The summed E-state index contributed by atoms with van der Waals surface area (Å²) in [4.78, 5) is 36.0. The van der Waals surface area contributed by atoms with Gasteiger partial charge in [-0.2, -0.15) is 0 Å². The molecule has 2 aromatic carbocycles. The number of hydrogen-bond donors (Lipinski definition) is 1. The first-order valence-electron chi connectivity index (χ1n) is 11.9.